The Hall–Kier alpha value is -1.33. The Balaban J connectivity index is 4.66. The number of hydrogen-bond acceptors (Lipinski definition) is 5. The summed E-state index contributed by atoms with van der Waals surface area (Å²) in [5.41, 5.74) is -5.15. The molecule has 0 aromatic carbocycles. The molecule has 1 unspecified atom stereocenters. The zero-order valence-electron chi connectivity index (χ0n) is 10.6. The predicted molar refractivity (Wildman–Crippen MR) is 54.8 cm³/mol. The van der Waals surface area contributed by atoms with Gasteiger partial charge in [0.25, 0.3) is 5.60 Å². The summed E-state index contributed by atoms with van der Waals surface area (Å²) in [6.07, 6.45) is -13.8. The molecule has 0 aliphatic rings. The van der Waals surface area contributed by atoms with Gasteiger partial charge in [-0.1, -0.05) is 6.58 Å². The molecule has 0 saturated heterocycles. The number of halogens is 6. The molecular formula is C10H12F6O5. The van der Waals surface area contributed by atoms with Crippen molar-refractivity contribution in [3.63, 3.8) is 0 Å². The number of alkyl halides is 6. The van der Waals surface area contributed by atoms with Gasteiger partial charge in [0.15, 0.2) is 6.29 Å². The largest absolute Gasteiger partial charge is 0.460 e. The Labute approximate surface area is 114 Å². The third kappa shape index (κ3) is 5.17. The molecule has 0 amide bonds. The Kier molecular flexibility index (Phi) is 6.20. The summed E-state index contributed by atoms with van der Waals surface area (Å²) in [5.74, 6) is -1.64. The molecule has 0 aromatic heterocycles. The monoisotopic (exact) mass is 326 g/mol. The quantitative estimate of drug-likeness (QED) is 0.333. The minimum absolute atomic E-state index is 0.0462. The van der Waals surface area contributed by atoms with E-state index in [-0.39, 0.29) is 5.57 Å². The van der Waals surface area contributed by atoms with Crippen LogP contribution in [0.15, 0.2) is 12.2 Å². The van der Waals surface area contributed by atoms with E-state index in [9.17, 15) is 31.1 Å². The smallest absolute Gasteiger partial charge is 0.429 e. The average Bonchev–Trinajstić information content (AvgIpc) is 2.29. The van der Waals surface area contributed by atoms with Crippen molar-refractivity contribution in [1.82, 2.24) is 0 Å². The highest BCUT2D eigenvalue weighted by Gasteiger charge is 2.71. The van der Waals surface area contributed by atoms with Crippen LogP contribution in [0.4, 0.5) is 26.3 Å². The second-order valence-electron chi connectivity index (χ2n) is 4.03. The first-order valence-electron chi connectivity index (χ1n) is 5.19. The number of rotatable bonds is 6. The number of esters is 1. The van der Waals surface area contributed by atoms with Crippen LogP contribution in [0.5, 0.6) is 0 Å². The van der Waals surface area contributed by atoms with Gasteiger partial charge < -0.3 is 19.7 Å². The predicted octanol–water partition coefficient (Wildman–Crippen LogP) is 1.30. The van der Waals surface area contributed by atoms with Gasteiger partial charge in [-0.3, -0.25) is 0 Å². The van der Waals surface area contributed by atoms with Crippen LogP contribution >= 0.6 is 0 Å². The molecule has 0 fully saturated rings. The lowest BCUT2D eigenvalue weighted by Gasteiger charge is -2.31. The molecule has 0 aromatic rings. The maximum atomic E-state index is 12.2. The average molecular weight is 326 g/mol. The molecule has 21 heavy (non-hydrogen) atoms. The highest BCUT2D eigenvalue weighted by molar-refractivity contribution is 5.70. The molecule has 0 bridgehead atoms. The van der Waals surface area contributed by atoms with Gasteiger partial charge in [0, 0.05) is 0 Å². The fourth-order valence-corrected chi connectivity index (χ4v) is 0.840. The molecular weight excluding hydrogens is 314 g/mol. The second-order valence-corrected chi connectivity index (χ2v) is 4.03. The second kappa shape index (κ2) is 6.62. The summed E-state index contributed by atoms with van der Waals surface area (Å²) in [7, 11) is 0. The van der Waals surface area contributed by atoms with E-state index in [1.54, 1.807) is 0 Å². The van der Waals surface area contributed by atoms with Crippen LogP contribution < -0.4 is 0 Å². The minimum atomic E-state index is -6.09. The lowest BCUT2D eigenvalue weighted by molar-refractivity contribution is -0.375. The van der Waals surface area contributed by atoms with E-state index < -0.39 is 43.4 Å². The van der Waals surface area contributed by atoms with Gasteiger partial charge in [0.05, 0.1) is 0 Å². The van der Waals surface area contributed by atoms with Crippen molar-refractivity contribution in [2.45, 2.75) is 31.2 Å². The van der Waals surface area contributed by atoms with Crippen LogP contribution in [0.3, 0.4) is 0 Å². The van der Waals surface area contributed by atoms with Gasteiger partial charge in [0.2, 0.25) is 0 Å². The molecule has 0 saturated carbocycles. The molecule has 124 valence electrons. The van der Waals surface area contributed by atoms with Crippen molar-refractivity contribution in [2.24, 2.45) is 0 Å². The molecule has 0 spiro atoms. The number of ether oxygens (including phenoxy) is 2. The highest BCUT2D eigenvalue weighted by atomic mass is 19.4. The summed E-state index contributed by atoms with van der Waals surface area (Å²) in [6.45, 7) is 1.00. The summed E-state index contributed by atoms with van der Waals surface area (Å²) in [5, 5.41) is 17.7. The van der Waals surface area contributed by atoms with Crippen LogP contribution in [-0.4, -0.2) is 53.6 Å². The van der Waals surface area contributed by atoms with Gasteiger partial charge in [-0.2, -0.15) is 26.3 Å². The zero-order chi connectivity index (χ0) is 17.1. The van der Waals surface area contributed by atoms with E-state index >= 15 is 0 Å². The number of hydrogen-bond donors (Lipinski definition) is 2. The fourth-order valence-electron chi connectivity index (χ4n) is 0.840. The fraction of sp³-hybridized carbons (Fsp3) is 0.700. The molecule has 0 rings (SSSR count). The molecule has 0 aliphatic heterocycles. The van der Waals surface area contributed by atoms with Crippen molar-refractivity contribution in [3.05, 3.63) is 12.2 Å². The van der Waals surface area contributed by atoms with Gasteiger partial charge in [-0.15, -0.1) is 0 Å². The number of carbonyl (C=O) groups is 1. The molecule has 2 N–H and O–H groups in total. The van der Waals surface area contributed by atoms with E-state index in [0.717, 1.165) is 0 Å². The Bertz CT molecular complexity index is 374. The summed E-state index contributed by atoms with van der Waals surface area (Å²) in [6, 6.07) is 0. The lowest BCUT2D eigenvalue weighted by Crippen LogP contribution is -2.60. The van der Waals surface area contributed by atoms with Gasteiger partial charge in [-0.25, -0.2) is 4.79 Å². The van der Waals surface area contributed by atoms with Crippen LogP contribution in [0.1, 0.15) is 6.92 Å². The van der Waals surface area contributed by atoms with E-state index in [1.165, 1.54) is 6.92 Å². The summed E-state index contributed by atoms with van der Waals surface area (Å²) < 4.78 is 81.4. The Morgan fingerprint density at radius 3 is 1.95 bits per heavy atom. The van der Waals surface area contributed by atoms with E-state index in [4.69, 9.17) is 10.2 Å². The number of aliphatic hydroxyl groups is 2. The van der Waals surface area contributed by atoms with Crippen molar-refractivity contribution in [1.29, 1.82) is 0 Å². The molecule has 11 heteroatoms. The van der Waals surface area contributed by atoms with Crippen molar-refractivity contribution in [3.8, 4) is 0 Å². The normalized spacial score (nSPS) is 14.7. The van der Waals surface area contributed by atoms with Crippen LogP contribution in [0.2, 0.25) is 0 Å². The lowest BCUT2D eigenvalue weighted by atomic mass is 10.0. The minimum Gasteiger partial charge on any atom is -0.460 e. The van der Waals surface area contributed by atoms with Crippen molar-refractivity contribution in [2.75, 3.05) is 13.2 Å². The Morgan fingerprint density at radius 2 is 1.62 bits per heavy atom. The van der Waals surface area contributed by atoms with Gasteiger partial charge >= 0.3 is 18.3 Å². The number of carbonyl (C=O) groups excluding carboxylic acids is 1. The number of aliphatic hydroxyl groups excluding tert-OH is 1. The first-order chi connectivity index (χ1) is 9.22. The first-order valence-corrected chi connectivity index (χ1v) is 5.19. The maximum Gasteiger partial charge on any atom is 0.429 e. The highest BCUT2D eigenvalue weighted by Crippen LogP contribution is 2.43. The molecule has 5 nitrogen and oxygen atoms in total. The zero-order valence-corrected chi connectivity index (χ0v) is 10.6. The SMILES string of the molecule is C=C(C)C(O)OCC(=O)OCC(O)(C(F)(F)F)C(F)(F)F. The van der Waals surface area contributed by atoms with Gasteiger partial charge in [0.1, 0.15) is 13.2 Å². The molecule has 0 aliphatic carbocycles. The third-order valence-electron chi connectivity index (χ3n) is 2.16. The van der Waals surface area contributed by atoms with Crippen molar-refractivity contribution < 1.29 is 50.8 Å². The Morgan fingerprint density at radius 1 is 1.19 bits per heavy atom. The van der Waals surface area contributed by atoms with E-state index in [0.29, 0.717) is 0 Å². The van der Waals surface area contributed by atoms with Crippen LogP contribution in [-0.2, 0) is 14.3 Å². The first kappa shape index (κ1) is 19.7. The van der Waals surface area contributed by atoms with E-state index in [2.05, 4.69) is 16.1 Å². The van der Waals surface area contributed by atoms with E-state index in [1.807, 2.05) is 0 Å². The van der Waals surface area contributed by atoms with Crippen LogP contribution in [0.25, 0.3) is 0 Å². The van der Waals surface area contributed by atoms with Crippen LogP contribution in [0, 0.1) is 0 Å². The van der Waals surface area contributed by atoms with Crippen molar-refractivity contribution >= 4 is 5.97 Å². The molecule has 0 radical (unpaired) electrons. The van der Waals surface area contributed by atoms with Gasteiger partial charge in [-0.05, 0) is 12.5 Å². The third-order valence-corrected chi connectivity index (χ3v) is 2.16. The molecule has 1 atom stereocenters. The molecule has 0 heterocycles. The topological polar surface area (TPSA) is 76.0 Å². The summed E-state index contributed by atoms with van der Waals surface area (Å²) in [4.78, 5) is 10.9. The standard InChI is InChI=1S/C10H12F6O5/c1-5(2)7(18)20-3-6(17)21-4-8(19,9(11,12)13)10(14,15)16/h7,18-19H,1,3-4H2,2H3. The summed E-state index contributed by atoms with van der Waals surface area (Å²) >= 11 is 0. The maximum absolute atomic E-state index is 12.2.